The quantitative estimate of drug-likeness (QED) is 0.652. The van der Waals surface area contributed by atoms with Crippen molar-refractivity contribution in [3.05, 3.63) is 36.2 Å². The molecule has 0 fully saturated rings. The fourth-order valence-electron chi connectivity index (χ4n) is 1.35. The number of rotatable bonds is 6. The van der Waals surface area contributed by atoms with Crippen LogP contribution in [0, 0.1) is 6.42 Å². The summed E-state index contributed by atoms with van der Waals surface area (Å²) in [4.78, 5) is 0. The lowest BCUT2D eigenvalue weighted by Crippen LogP contribution is -2.01. The first kappa shape index (κ1) is 12.0. The van der Waals surface area contributed by atoms with Crippen molar-refractivity contribution in [2.75, 3.05) is 0 Å². The lowest BCUT2D eigenvalue weighted by molar-refractivity contribution is -0.0498. The summed E-state index contributed by atoms with van der Waals surface area (Å²) in [6.07, 6.45) is 5.26. The standard InChI is InChI=1S/C12H15F2O/c1-2-3-4-5-10-6-8-11(9-7-10)15-12(13)14/h2,6-9,12H,3-5H2,1H3. The number of aryl methyl sites for hydroxylation is 1. The number of benzene rings is 1. The van der Waals surface area contributed by atoms with E-state index < -0.39 is 6.61 Å². The zero-order chi connectivity index (χ0) is 11.1. The zero-order valence-electron chi connectivity index (χ0n) is 8.75. The van der Waals surface area contributed by atoms with Gasteiger partial charge in [0.15, 0.2) is 0 Å². The van der Waals surface area contributed by atoms with E-state index in [-0.39, 0.29) is 5.75 Å². The van der Waals surface area contributed by atoms with Crippen molar-refractivity contribution in [3.8, 4) is 5.75 Å². The molecule has 1 radical (unpaired) electrons. The van der Waals surface area contributed by atoms with Crippen LogP contribution in [0.5, 0.6) is 5.75 Å². The Morgan fingerprint density at radius 1 is 1.27 bits per heavy atom. The van der Waals surface area contributed by atoms with Gasteiger partial charge < -0.3 is 4.74 Å². The number of hydrogen-bond acceptors (Lipinski definition) is 1. The third kappa shape index (κ3) is 4.77. The number of ether oxygens (including phenoxy) is 1. The summed E-state index contributed by atoms with van der Waals surface area (Å²) in [5, 5.41) is 0. The molecule has 0 saturated heterocycles. The molecule has 0 spiro atoms. The van der Waals surface area contributed by atoms with Crippen LogP contribution in [0.1, 0.15) is 25.3 Å². The summed E-state index contributed by atoms with van der Waals surface area (Å²) in [6.45, 7) is -0.718. The molecule has 0 atom stereocenters. The van der Waals surface area contributed by atoms with Gasteiger partial charge in [0.05, 0.1) is 0 Å². The molecule has 1 nitrogen and oxygen atoms in total. The van der Waals surface area contributed by atoms with Gasteiger partial charge in [0, 0.05) is 0 Å². The Balaban J connectivity index is 2.42. The Hall–Kier alpha value is -1.12. The van der Waals surface area contributed by atoms with Crippen LogP contribution in [0.15, 0.2) is 24.3 Å². The zero-order valence-corrected chi connectivity index (χ0v) is 8.75. The van der Waals surface area contributed by atoms with Crippen molar-refractivity contribution >= 4 is 0 Å². The van der Waals surface area contributed by atoms with Gasteiger partial charge in [-0.25, -0.2) is 0 Å². The number of hydrogen-bond donors (Lipinski definition) is 0. The second kappa shape index (κ2) is 6.38. The van der Waals surface area contributed by atoms with Gasteiger partial charge in [-0.3, -0.25) is 0 Å². The molecule has 0 aromatic heterocycles. The highest BCUT2D eigenvalue weighted by Crippen LogP contribution is 2.16. The monoisotopic (exact) mass is 213 g/mol. The van der Waals surface area contributed by atoms with Gasteiger partial charge in [-0.2, -0.15) is 8.78 Å². The molecular weight excluding hydrogens is 198 g/mol. The van der Waals surface area contributed by atoms with E-state index in [1.54, 1.807) is 12.1 Å². The van der Waals surface area contributed by atoms with Crippen molar-refractivity contribution in [1.82, 2.24) is 0 Å². The first-order valence-electron chi connectivity index (χ1n) is 5.04. The number of alkyl halides is 2. The molecule has 1 aromatic carbocycles. The van der Waals surface area contributed by atoms with E-state index in [2.05, 4.69) is 11.2 Å². The minimum absolute atomic E-state index is 0.218. The Kier molecular flexibility index (Phi) is 5.08. The fraction of sp³-hybridized carbons (Fsp3) is 0.417. The molecule has 0 unspecified atom stereocenters. The van der Waals surface area contributed by atoms with Gasteiger partial charge in [-0.1, -0.05) is 25.5 Å². The van der Waals surface area contributed by atoms with E-state index >= 15 is 0 Å². The predicted molar refractivity (Wildman–Crippen MR) is 56.0 cm³/mol. The summed E-state index contributed by atoms with van der Waals surface area (Å²) < 4.78 is 27.9. The van der Waals surface area contributed by atoms with Gasteiger partial charge in [0.25, 0.3) is 0 Å². The lowest BCUT2D eigenvalue weighted by Gasteiger charge is -2.05. The van der Waals surface area contributed by atoms with E-state index in [1.807, 2.05) is 19.1 Å². The molecule has 83 valence electrons. The van der Waals surface area contributed by atoms with Crippen LogP contribution in [0.25, 0.3) is 0 Å². The van der Waals surface area contributed by atoms with Crippen molar-refractivity contribution in [1.29, 1.82) is 0 Å². The van der Waals surface area contributed by atoms with E-state index in [4.69, 9.17) is 0 Å². The summed E-state index contributed by atoms with van der Waals surface area (Å²) >= 11 is 0. The number of unbranched alkanes of at least 4 members (excludes halogenated alkanes) is 2. The van der Waals surface area contributed by atoms with E-state index in [0.717, 1.165) is 24.8 Å². The summed E-state index contributed by atoms with van der Waals surface area (Å²) in [5.41, 5.74) is 1.15. The normalized spacial score (nSPS) is 10.7. The summed E-state index contributed by atoms with van der Waals surface area (Å²) in [7, 11) is 0. The van der Waals surface area contributed by atoms with Crippen LogP contribution < -0.4 is 4.74 Å². The van der Waals surface area contributed by atoms with Crippen LogP contribution in [-0.2, 0) is 6.42 Å². The van der Waals surface area contributed by atoms with Crippen LogP contribution in [0.2, 0.25) is 0 Å². The van der Waals surface area contributed by atoms with Crippen molar-refractivity contribution in [2.45, 2.75) is 32.8 Å². The average Bonchev–Trinajstić information content (AvgIpc) is 2.20. The molecule has 3 heteroatoms. The Bertz CT molecular complexity index is 269. The minimum Gasteiger partial charge on any atom is -0.435 e. The maximum absolute atomic E-state index is 11.8. The highest BCUT2D eigenvalue weighted by molar-refractivity contribution is 5.27. The van der Waals surface area contributed by atoms with Crippen LogP contribution in [0.3, 0.4) is 0 Å². The molecule has 0 saturated carbocycles. The molecular formula is C12H15F2O. The maximum Gasteiger partial charge on any atom is 0.387 e. The molecule has 0 aliphatic rings. The Morgan fingerprint density at radius 2 is 1.93 bits per heavy atom. The Labute approximate surface area is 89.1 Å². The second-order valence-corrected chi connectivity index (χ2v) is 3.32. The van der Waals surface area contributed by atoms with Crippen molar-refractivity contribution in [3.63, 3.8) is 0 Å². The topological polar surface area (TPSA) is 9.23 Å². The van der Waals surface area contributed by atoms with E-state index in [1.165, 1.54) is 0 Å². The smallest absolute Gasteiger partial charge is 0.387 e. The van der Waals surface area contributed by atoms with E-state index in [9.17, 15) is 8.78 Å². The largest absolute Gasteiger partial charge is 0.435 e. The maximum atomic E-state index is 11.8. The first-order chi connectivity index (χ1) is 7.22. The third-order valence-electron chi connectivity index (χ3n) is 2.11. The molecule has 15 heavy (non-hydrogen) atoms. The predicted octanol–water partition coefficient (Wildman–Crippen LogP) is 3.83. The van der Waals surface area contributed by atoms with E-state index in [0.29, 0.717) is 0 Å². The highest BCUT2D eigenvalue weighted by atomic mass is 19.3. The SMILES string of the molecule is C[CH]CCCc1ccc(OC(F)F)cc1. The third-order valence-corrected chi connectivity index (χ3v) is 2.11. The lowest BCUT2D eigenvalue weighted by atomic mass is 10.1. The molecule has 0 N–H and O–H groups in total. The molecule has 0 aliphatic heterocycles. The number of halogens is 2. The van der Waals surface area contributed by atoms with Crippen LogP contribution in [0.4, 0.5) is 8.78 Å². The molecule has 1 rings (SSSR count). The second-order valence-electron chi connectivity index (χ2n) is 3.32. The van der Waals surface area contributed by atoms with Crippen molar-refractivity contribution < 1.29 is 13.5 Å². The highest BCUT2D eigenvalue weighted by Gasteiger charge is 2.03. The minimum atomic E-state index is -2.74. The van der Waals surface area contributed by atoms with Gasteiger partial charge in [-0.15, -0.1) is 0 Å². The molecule has 0 aliphatic carbocycles. The molecule has 0 heterocycles. The summed E-state index contributed by atoms with van der Waals surface area (Å²) in [5.74, 6) is 0.218. The summed E-state index contributed by atoms with van der Waals surface area (Å²) in [6, 6.07) is 6.81. The molecule has 0 amide bonds. The van der Waals surface area contributed by atoms with Gasteiger partial charge in [0.2, 0.25) is 0 Å². The van der Waals surface area contributed by atoms with Crippen LogP contribution in [-0.4, -0.2) is 6.61 Å². The van der Waals surface area contributed by atoms with Crippen molar-refractivity contribution in [2.24, 2.45) is 0 Å². The first-order valence-corrected chi connectivity index (χ1v) is 5.04. The van der Waals surface area contributed by atoms with Crippen LogP contribution >= 0.6 is 0 Å². The average molecular weight is 213 g/mol. The van der Waals surface area contributed by atoms with Gasteiger partial charge >= 0.3 is 6.61 Å². The molecule has 1 aromatic rings. The fourth-order valence-corrected chi connectivity index (χ4v) is 1.35. The molecule has 0 bridgehead atoms. The Morgan fingerprint density at radius 3 is 2.47 bits per heavy atom. The van der Waals surface area contributed by atoms with Gasteiger partial charge in [0.1, 0.15) is 5.75 Å². The van der Waals surface area contributed by atoms with Gasteiger partial charge in [-0.05, 0) is 37.0 Å².